The zero-order valence-electron chi connectivity index (χ0n) is 41.3. The van der Waals surface area contributed by atoms with Crippen molar-refractivity contribution in [1.82, 2.24) is 36.8 Å². The second-order valence-corrected chi connectivity index (χ2v) is 22.7. The molecule has 0 aliphatic carbocycles. The van der Waals surface area contributed by atoms with Crippen molar-refractivity contribution in [2.24, 2.45) is 11.8 Å². The topological polar surface area (TPSA) is 265 Å². The van der Waals surface area contributed by atoms with E-state index in [2.05, 4.69) is 38.5 Å². The van der Waals surface area contributed by atoms with Crippen LogP contribution >= 0.6 is 23.5 Å². The maximum Gasteiger partial charge on any atom is 0.306 e. The number of esters is 2. The van der Waals surface area contributed by atoms with Gasteiger partial charge in [0.2, 0.25) is 41.2 Å². The van der Waals surface area contributed by atoms with Crippen LogP contribution in [0.1, 0.15) is 128 Å². The van der Waals surface area contributed by atoms with E-state index in [1.54, 1.807) is 92.8 Å². The molecule has 2 fully saturated rings. The number of rotatable bonds is 24. The molecule has 0 aromatic heterocycles. The van der Waals surface area contributed by atoms with Gasteiger partial charge in [0, 0.05) is 50.8 Å². The number of thioether (sulfide) groups is 2. The van der Waals surface area contributed by atoms with Crippen molar-refractivity contribution in [3.05, 3.63) is 12.7 Å². The van der Waals surface area contributed by atoms with Crippen molar-refractivity contribution >= 4 is 82.6 Å². The molecule has 0 saturated carbocycles. The van der Waals surface area contributed by atoms with Crippen molar-refractivity contribution in [2.45, 2.75) is 180 Å². The van der Waals surface area contributed by atoms with E-state index >= 15 is 0 Å². The molecule has 2 saturated heterocycles. The lowest BCUT2D eigenvalue weighted by molar-refractivity contribution is -0.156. The van der Waals surface area contributed by atoms with Gasteiger partial charge < -0.3 is 46.3 Å². The summed E-state index contributed by atoms with van der Waals surface area (Å²) < 4.78 is 10.3. The number of ether oxygens (including phenoxy) is 2. The van der Waals surface area contributed by atoms with Gasteiger partial charge >= 0.3 is 11.9 Å². The lowest BCUT2D eigenvalue weighted by Gasteiger charge is -2.33. The second kappa shape index (κ2) is 26.2. The Bertz CT molecular complexity index is 1820. The molecule has 2 aliphatic heterocycles. The van der Waals surface area contributed by atoms with Gasteiger partial charge in [0.15, 0.2) is 0 Å². The van der Waals surface area contributed by atoms with Crippen molar-refractivity contribution in [3.8, 4) is 0 Å². The first-order chi connectivity index (χ1) is 31.0. The highest BCUT2D eigenvalue weighted by atomic mass is 32.2. The minimum absolute atomic E-state index is 0.0627. The third kappa shape index (κ3) is 19.5. The van der Waals surface area contributed by atoms with Crippen LogP contribution < -0.4 is 31.9 Å². The largest absolute Gasteiger partial charge is 0.460 e. The maximum absolute atomic E-state index is 14.7. The summed E-state index contributed by atoms with van der Waals surface area (Å²) in [6.45, 7) is 23.6. The average molecular weight is 982 g/mol. The van der Waals surface area contributed by atoms with Gasteiger partial charge in [-0.2, -0.15) is 0 Å². The zero-order valence-corrected chi connectivity index (χ0v) is 43.0. The molecule has 0 bridgehead atoms. The highest BCUT2D eigenvalue weighted by molar-refractivity contribution is 8.21. The van der Waals surface area contributed by atoms with Crippen molar-refractivity contribution in [3.63, 3.8) is 0 Å². The van der Waals surface area contributed by atoms with Crippen LogP contribution in [0.5, 0.6) is 0 Å². The van der Waals surface area contributed by atoms with Crippen LogP contribution in [0.4, 0.5) is 0 Å². The first kappa shape index (κ1) is 58.5. The highest BCUT2D eigenvalue weighted by Crippen LogP contribution is 2.52. The van der Waals surface area contributed by atoms with E-state index < -0.39 is 122 Å². The number of nitrogens with zero attached hydrogens (tertiary/aromatic N) is 1. The van der Waals surface area contributed by atoms with E-state index in [-0.39, 0.29) is 51.6 Å². The first-order valence-corrected chi connectivity index (χ1v) is 24.9. The van der Waals surface area contributed by atoms with Crippen molar-refractivity contribution < 1.29 is 57.4 Å². The molecule has 2 rings (SSSR count). The Kier molecular flexibility index (Phi) is 22.9. The van der Waals surface area contributed by atoms with E-state index in [0.717, 1.165) is 11.5 Å². The fourth-order valence-corrected chi connectivity index (χ4v) is 10.6. The van der Waals surface area contributed by atoms with Crippen LogP contribution in [0, 0.1) is 11.8 Å². The van der Waals surface area contributed by atoms with E-state index in [1.807, 2.05) is 6.92 Å². The summed E-state index contributed by atoms with van der Waals surface area (Å²) in [5.74, 6) is -6.63. The van der Waals surface area contributed by atoms with Gasteiger partial charge in [-0.05, 0) is 72.6 Å². The molecule has 2 heterocycles. The van der Waals surface area contributed by atoms with Crippen LogP contribution in [0.15, 0.2) is 12.7 Å². The Balaban J connectivity index is 2.42. The number of amides is 7. The Labute approximate surface area is 404 Å². The van der Waals surface area contributed by atoms with Crippen molar-refractivity contribution in [1.29, 1.82) is 0 Å². The molecule has 5 unspecified atom stereocenters. The molecule has 6 N–H and O–H groups in total. The number of carbonyl (C=O) groups is 10. The number of hydrogen-bond acceptors (Lipinski definition) is 14. The lowest BCUT2D eigenvalue weighted by Crippen LogP contribution is -2.61. The molecule has 0 radical (unpaired) electrons. The number of ketones is 1. The zero-order chi connectivity index (χ0) is 51.0. The molecule has 2 aliphatic rings. The number of likely N-dealkylation sites (tertiary alicyclic amines) is 1. The fourth-order valence-electron chi connectivity index (χ4n) is 7.34. The second-order valence-electron chi connectivity index (χ2n) is 19.5. The lowest BCUT2D eigenvalue weighted by atomic mass is 9.98. The Morgan fingerprint density at radius 3 is 1.66 bits per heavy atom. The summed E-state index contributed by atoms with van der Waals surface area (Å²) in [5, 5.41) is 15.8. The summed E-state index contributed by atoms with van der Waals surface area (Å²) in [6, 6.07) is -7.35. The highest BCUT2D eigenvalue weighted by Gasteiger charge is 2.53. The fraction of sp³-hybridized carbons (Fsp3) is 0.739. The summed E-state index contributed by atoms with van der Waals surface area (Å²) in [5.41, 5.74) is -1.65. The van der Waals surface area contributed by atoms with E-state index in [9.17, 15) is 47.9 Å². The molecular formula is C46H75N7O12S2. The van der Waals surface area contributed by atoms with Gasteiger partial charge in [0.1, 0.15) is 41.4 Å². The maximum atomic E-state index is 14.7. The standard InChI is InChI=1S/C46H75N7O12S2/c1-14-16-29(37(57)42(62)47-21-15-2)49-40(60)32-24-46(66-22-23-67-46)25-53(32)43(63)36(27(5)6)52-41(61)35(26(3)4)51-39(59)31(18-20-34(56)65-45(11,12)13)50-38(58)30(48-28(7)54)17-19-33(55)64-44(8,9)10/h15,26-27,29-32,35-36H,2,14,16-25H2,1,3-13H3,(H,47,62)(H,48,54)(H,49,60)(H,50,58)(H,51,59)(H,52,61)/t29?,30?,31?,32-,35?,36?/m0/s1. The smallest absolute Gasteiger partial charge is 0.306 e. The molecule has 0 aromatic rings. The van der Waals surface area contributed by atoms with E-state index in [4.69, 9.17) is 9.47 Å². The first-order valence-electron chi connectivity index (χ1n) is 23.0. The van der Waals surface area contributed by atoms with E-state index in [0.29, 0.717) is 6.42 Å². The monoisotopic (exact) mass is 981 g/mol. The predicted octanol–water partition coefficient (Wildman–Crippen LogP) is 2.43. The molecule has 1 spiro atoms. The normalized spacial score (nSPS) is 17.9. The molecular weight excluding hydrogens is 907 g/mol. The molecule has 378 valence electrons. The van der Waals surface area contributed by atoms with Crippen LogP contribution in [0.25, 0.3) is 0 Å². The Morgan fingerprint density at radius 2 is 1.19 bits per heavy atom. The number of nitrogens with one attached hydrogen (secondary N) is 6. The Hall–Kier alpha value is -4.66. The minimum Gasteiger partial charge on any atom is -0.460 e. The molecule has 19 nitrogen and oxygen atoms in total. The number of hydrogen-bond donors (Lipinski definition) is 6. The van der Waals surface area contributed by atoms with Crippen LogP contribution in [0.2, 0.25) is 0 Å². The van der Waals surface area contributed by atoms with Crippen LogP contribution in [0.3, 0.4) is 0 Å². The molecule has 6 atom stereocenters. The summed E-state index contributed by atoms with van der Waals surface area (Å²) in [7, 11) is 0. The van der Waals surface area contributed by atoms with Gasteiger partial charge in [-0.1, -0.05) is 47.1 Å². The quantitative estimate of drug-likeness (QED) is 0.0461. The third-order valence-corrected chi connectivity index (χ3v) is 13.9. The van der Waals surface area contributed by atoms with Gasteiger partial charge in [0.05, 0.1) is 10.1 Å². The summed E-state index contributed by atoms with van der Waals surface area (Å²) >= 11 is 3.26. The van der Waals surface area contributed by atoms with E-state index in [1.165, 1.54) is 17.9 Å². The van der Waals surface area contributed by atoms with Gasteiger partial charge in [-0.25, -0.2) is 0 Å². The predicted molar refractivity (Wildman–Crippen MR) is 256 cm³/mol. The number of Topliss-reactive ketones (excluding diaryl/α,β-unsaturated/α-hetero) is 1. The summed E-state index contributed by atoms with van der Waals surface area (Å²) in [6.07, 6.45) is 1.34. The van der Waals surface area contributed by atoms with Crippen LogP contribution in [-0.4, -0.2) is 140 Å². The summed E-state index contributed by atoms with van der Waals surface area (Å²) in [4.78, 5) is 136. The average Bonchev–Trinajstić information content (AvgIpc) is 3.84. The molecule has 67 heavy (non-hydrogen) atoms. The molecule has 0 aromatic carbocycles. The SMILES string of the molecule is C=CCNC(=O)C(=O)C(CCC)NC(=O)[C@@H]1CC2(CN1C(=O)C(NC(=O)C(NC(=O)C(CCC(=O)OC(C)(C)C)NC(=O)C(CCC(=O)OC(C)(C)C)NC(C)=O)C(C)C)C(C)C)SCCS2. The van der Waals surface area contributed by atoms with Crippen LogP contribution in [-0.2, 0) is 57.4 Å². The third-order valence-electron chi connectivity index (χ3n) is 10.5. The van der Waals surface area contributed by atoms with Gasteiger partial charge in [-0.3, -0.25) is 47.9 Å². The van der Waals surface area contributed by atoms with Gasteiger partial charge in [-0.15, -0.1) is 30.1 Å². The minimum atomic E-state index is -1.44. The van der Waals surface area contributed by atoms with Gasteiger partial charge in [0.25, 0.3) is 5.91 Å². The Morgan fingerprint density at radius 1 is 0.701 bits per heavy atom. The molecule has 7 amide bonds. The number of carbonyl (C=O) groups excluding carboxylic acids is 10. The molecule has 21 heteroatoms. The van der Waals surface area contributed by atoms with Crippen molar-refractivity contribution in [2.75, 3.05) is 24.6 Å².